The fourth-order valence-electron chi connectivity index (χ4n) is 5.02. The van der Waals surface area contributed by atoms with Crippen molar-refractivity contribution in [2.45, 2.75) is 45.6 Å². The first kappa shape index (κ1) is 24.2. The van der Waals surface area contributed by atoms with E-state index in [9.17, 15) is 9.59 Å². The average molecular weight is 488 g/mol. The molecular weight excluding hydrogens is 454 g/mol. The van der Waals surface area contributed by atoms with Crippen LogP contribution in [-0.2, 0) is 11.3 Å². The number of aromatic nitrogens is 2. The molecule has 8 heteroatoms. The van der Waals surface area contributed by atoms with Crippen molar-refractivity contribution in [2.75, 3.05) is 31.5 Å². The summed E-state index contributed by atoms with van der Waals surface area (Å²) in [5.74, 6) is 0.896. The molecule has 5 rings (SSSR count). The number of hydrogen-bond donors (Lipinski definition) is 1. The highest BCUT2D eigenvalue weighted by atomic mass is 16.5. The average Bonchev–Trinajstić information content (AvgIpc) is 3.38. The number of para-hydroxylation sites is 1. The number of aryl methyl sites for hydroxylation is 1. The van der Waals surface area contributed by atoms with E-state index in [1.54, 1.807) is 6.07 Å². The topological polar surface area (TPSA) is 91.6 Å². The first-order valence-electron chi connectivity index (χ1n) is 12.9. The Morgan fingerprint density at radius 3 is 2.58 bits per heavy atom. The minimum absolute atomic E-state index is 0.00311. The van der Waals surface area contributed by atoms with E-state index in [1.807, 2.05) is 54.3 Å². The molecule has 3 heterocycles. The van der Waals surface area contributed by atoms with E-state index < -0.39 is 0 Å². The maximum Gasteiger partial charge on any atom is 0.255 e. The Morgan fingerprint density at radius 2 is 1.78 bits per heavy atom. The Bertz CT molecular complexity index is 1200. The highest BCUT2D eigenvalue weighted by Gasteiger charge is 2.28. The van der Waals surface area contributed by atoms with Crippen LogP contribution in [-0.4, -0.2) is 57.9 Å². The normalized spacial score (nSPS) is 18.7. The molecule has 0 aliphatic carbocycles. The van der Waals surface area contributed by atoms with Crippen molar-refractivity contribution >= 4 is 17.5 Å². The number of rotatable bonds is 6. The third kappa shape index (κ3) is 5.65. The second-order valence-electron chi connectivity index (χ2n) is 9.84. The molecule has 2 aromatic carbocycles. The molecular formula is C28H33N5O3. The van der Waals surface area contributed by atoms with Gasteiger partial charge >= 0.3 is 0 Å². The van der Waals surface area contributed by atoms with Gasteiger partial charge in [0.1, 0.15) is 0 Å². The summed E-state index contributed by atoms with van der Waals surface area (Å²) in [5.41, 5.74) is 3.26. The second kappa shape index (κ2) is 11.0. The Hall–Kier alpha value is -3.52. The third-order valence-corrected chi connectivity index (χ3v) is 7.07. The molecule has 2 saturated heterocycles. The summed E-state index contributed by atoms with van der Waals surface area (Å²) in [4.78, 5) is 35.0. The zero-order chi connectivity index (χ0) is 24.9. The molecule has 2 aliphatic rings. The molecule has 2 aliphatic heterocycles. The molecule has 36 heavy (non-hydrogen) atoms. The van der Waals surface area contributed by atoms with Gasteiger partial charge in [-0.2, -0.15) is 4.98 Å². The van der Waals surface area contributed by atoms with Crippen molar-refractivity contribution in [2.24, 2.45) is 5.92 Å². The molecule has 1 aromatic heterocycles. The number of nitrogens with zero attached hydrogens (tertiary/aromatic N) is 4. The summed E-state index contributed by atoms with van der Waals surface area (Å²) in [6.45, 7) is 5.58. The highest BCUT2D eigenvalue weighted by molar-refractivity contribution is 6.04. The minimum atomic E-state index is -0.170. The zero-order valence-electron chi connectivity index (χ0n) is 20.8. The molecule has 1 N–H and O–H groups in total. The fourth-order valence-corrected chi connectivity index (χ4v) is 5.02. The van der Waals surface area contributed by atoms with E-state index in [1.165, 1.54) is 5.56 Å². The number of carbonyl (C=O) groups is 2. The second-order valence-corrected chi connectivity index (χ2v) is 9.84. The van der Waals surface area contributed by atoms with E-state index in [4.69, 9.17) is 4.52 Å². The lowest BCUT2D eigenvalue weighted by Crippen LogP contribution is -2.40. The van der Waals surface area contributed by atoms with E-state index >= 15 is 0 Å². The molecule has 3 aromatic rings. The molecule has 0 spiro atoms. The fraction of sp³-hybridized carbons (Fsp3) is 0.429. The van der Waals surface area contributed by atoms with Gasteiger partial charge < -0.3 is 14.7 Å². The van der Waals surface area contributed by atoms with Gasteiger partial charge in [0.05, 0.1) is 23.7 Å². The lowest BCUT2D eigenvalue weighted by atomic mass is 9.96. The van der Waals surface area contributed by atoms with Crippen LogP contribution in [0.4, 0.5) is 5.69 Å². The number of carbonyl (C=O) groups excluding carboxylic acids is 2. The summed E-state index contributed by atoms with van der Waals surface area (Å²) in [7, 11) is 0. The number of hydrogen-bond acceptors (Lipinski definition) is 6. The monoisotopic (exact) mass is 487 g/mol. The van der Waals surface area contributed by atoms with Gasteiger partial charge in [0.2, 0.25) is 17.6 Å². The van der Waals surface area contributed by atoms with Gasteiger partial charge in [-0.25, -0.2) is 0 Å². The summed E-state index contributed by atoms with van der Waals surface area (Å²) in [6.07, 6.45) is 4.95. The number of piperidine rings is 2. The largest absolute Gasteiger partial charge is 0.339 e. The van der Waals surface area contributed by atoms with Crippen molar-refractivity contribution in [3.63, 3.8) is 0 Å². The van der Waals surface area contributed by atoms with Crippen LogP contribution in [0.25, 0.3) is 11.4 Å². The van der Waals surface area contributed by atoms with Crippen LogP contribution in [0.3, 0.4) is 0 Å². The number of likely N-dealkylation sites (tertiary alicyclic amines) is 2. The molecule has 0 saturated carbocycles. The standard InChI is InChI=1S/C28H33N5O3/c1-20-11-13-21(14-12-20)26-30-25(36-31-26)19-32-15-7-8-22(18-32)27(34)29-24-10-4-3-9-23(24)28(35)33-16-5-2-6-17-33/h3-4,9-14,22H,2,5-8,15-19H2,1H3,(H,29,34). The Kier molecular flexibility index (Phi) is 7.41. The highest BCUT2D eigenvalue weighted by Crippen LogP contribution is 2.24. The molecule has 2 fully saturated rings. The van der Waals surface area contributed by atoms with Crippen LogP contribution in [0.5, 0.6) is 0 Å². The van der Waals surface area contributed by atoms with Gasteiger partial charge in [0.15, 0.2) is 0 Å². The van der Waals surface area contributed by atoms with Crippen LogP contribution in [0, 0.1) is 12.8 Å². The van der Waals surface area contributed by atoms with Crippen LogP contribution >= 0.6 is 0 Å². The van der Waals surface area contributed by atoms with Crippen molar-refractivity contribution in [1.82, 2.24) is 19.9 Å². The van der Waals surface area contributed by atoms with Crippen molar-refractivity contribution in [3.05, 3.63) is 65.5 Å². The zero-order valence-corrected chi connectivity index (χ0v) is 20.8. The van der Waals surface area contributed by atoms with Crippen LogP contribution < -0.4 is 5.32 Å². The third-order valence-electron chi connectivity index (χ3n) is 7.07. The molecule has 2 amide bonds. The smallest absolute Gasteiger partial charge is 0.255 e. The van der Waals surface area contributed by atoms with Crippen LogP contribution in [0.2, 0.25) is 0 Å². The van der Waals surface area contributed by atoms with Gasteiger partial charge in [0, 0.05) is 25.2 Å². The number of amides is 2. The lowest BCUT2D eigenvalue weighted by molar-refractivity contribution is -0.121. The molecule has 0 radical (unpaired) electrons. The predicted octanol–water partition coefficient (Wildman–Crippen LogP) is 4.52. The molecule has 1 unspecified atom stereocenters. The first-order chi connectivity index (χ1) is 17.6. The van der Waals surface area contributed by atoms with Gasteiger partial charge in [-0.05, 0) is 57.7 Å². The van der Waals surface area contributed by atoms with Crippen molar-refractivity contribution in [1.29, 1.82) is 0 Å². The molecule has 1 atom stereocenters. The number of anilines is 1. The predicted molar refractivity (Wildman–Crippen MR) is 137 cm³/mol. The Balaban J connectivity index is 1.21. The number of nitrogens with one attached hydrogen (secondary N) is 1. The maximum absolute atomic E-state index is 13.2. The van der Waals surface area contributed by atoms with Gasteiger partial charge in [-0.3, -0.25) is 14.5 Å². The summed E-state index contributed by atoms with van der Waals surface area (Å²) in [5, 5.41) is 7.18. The molecule has 8 nitrogen and oxygen atoms in total. The van der Waals surface area contributed by atoms with Crippen LogP contribution in [0.1, 0.15) is 53.9 Å². The van der Waals surface area contributed by atoms with Gasteiger partial charge in [0.25, 0.3) is 5.91 Å². The summed E-state index contributed by atoms with van der Waals surface area (Å²) in [6, 6.07) is 15.4. The summed E-state index contributed by atoms with van der Waals surface area (Å²) >= 11 is 0. The van der Waals surface area contributed by atoms with E-state index in [0.29, 0.717) is 36.1 Å². The van der Waals surface area contributed by atoms with Gasteiger partial charge in [-0.1, -0.05) is 47.1 Å². The quantitative estimate of drug-likeness (QED) is 0.550. The summed E-state index contributed by atoms with van der Waals surface area (Å²) < 4.78 is 5.50. The maximum atomic E-state index is 13.2. The minimum Gasteiger partial charge on any atom is -0.339 e. The lowest BCUT2D eigenvalue weighted by Gasteiger charge is -2.31. The first-order valence-corrected chi connectivity index (χ1v) is 12.9. The van der Waals surface area contributed by atoms with E-state index in [-0.39, 0.29) is 17.7 Å². The van der Waals surface area contributed by atoms with Crippen molar-refractivity contribution < 1.29 is 14.1 Å². The number of benzene rings is 2. The Morgan fingerprint density at radius 1 is 1.00 bits per heavy atom. The van der Waals surface area contributed by atoms with E-state index in [0.717, 1.165) is 57.3 Å². The van der Waals surface area contributed by atoms with Gasteiger partial charge in [-0.15, -0.1) is 0 Å². The van der Waals surface area contributed by atoms with E-state index in [2.05, 4.69) is 20.4 Å². The molecule has 0 bridgehead atoms. The van der Waals surface area contributed by atoms with Crippen molar-refractivity contribution in [3.8, 4) is 11.4 Å². The Labute approximate surface area is 211 Å². The SMILES string of the molecule is Cc1ccc(-c2noc(CN3CCCC(C(=O)Nc4ccccc4C(=O)N4CCCCC4)C3)n2)cc1. The van der Waals surface area contributed by atoms with Crippen LogP contribution in [0.15, 0.2) is 53.1 Å². The molecule has 188 valence electrons.